The molecule has 1 aromatic heterocycles. The van der Waals surface area contributed by atoms with Crippen LogP contribution in [0.15, 0.2) is 64.3 Å². The summed E-state index contributed by atoms with van der Waals surface area (Å²) in [6.45, 7) is 3.33. The summed E-state index contributed by atoms with van der Waals surface area (Å²) in [5, 5.41) is 2.59. The number of anilines is 1. The van der Waals surface area contributed by atoms with Gasteiger partial charge in [0.1, 0.15) is 5.56 Å². The lowest BCUT2D eigenvalue weighted by molar-refractivity contribution is 0.101. The van der Waals surface area contributed by atoms with E-state index in [9.17, 15) is 19.2 Å². The summed E-state index contributed by atoms with van der Waals surface area (Å²) < 4.78 is 0.910. The summed E-state index contributed by atoms with van der Waals surface area (Å²) in [4.78, 5) is 51.0. The van der Waals surface area contributed by atoms with Gasteiger partial charge in [-0.15, -0.1) is 0 Å². The molecule has 0 saturated carbocycles. The van der Waals surface area contributed by atoms with Gasteiger partial charge in [-0.3, -0.25) is 14.4 Å². The second-order valence-electron chi connectivity index (χ2n) is 6.07. The van der Waals surface area contributed by atoms with Gasteiger partial charge in [0.05, 0.1) is 5.69 Å². The molecule has 1 heterocycles. The van der Waals surface area contributed by atoms with Gasteiger partial charge in [0.15, 0.2) is 5.78 Å². The molecular weight excluding hydrogens is 346 g/mol. The lowest BCUT2D eigenvalue weighted by atomic mass is 10.1. The Morgan fingerprint density at radius 1 is 0.963 bits per heavy atom. The van der Waals surface area contributed by atoms with E-state index in [2.05, 4.69) is 10.3 Å². The van der Waals surface area contributed by atoms with E-state index in [1.54, 1.807) is 48.5 Å². The van der Waals surface area contributed by atoms with Crippen LogP contribution in [0.3, 0.4) is 0 Å². The fraction of sp³-hybridized carbons (Fsp3) is 0.100. The quantitative estimate of drug-likeness (QED) is 0.695. The molecular formula is C20H17N3O4. The molecule has 136 valence electrons. The van der Waals surface area contributed by atoms with E-state index in [0.717, 1.165) is 16.3 Å². The van der Waals surface area contributed by atoms with Gasteiger partial charge in [0.2, 0.25) is 0 Å². The first-order valence-corrected chi connectivity index (χ1v) is 8.21. The number of carbonyl (C=O) groups is 2. The largest absolute Gasteiger partial charge is 0.333 e. The number of nitrogens with zero attached hydrogens (tertiary/aromatic N) is 1. The van der Waals surface area contributed by atoms with Gasteiger partial charge >= 0.3 is 5.69 Å². The average Bonchev–Trinajstić information content (AvgIpc) is 2.63. The smallest absolute Gasteiger partial charge is 0.322 e. The Balaban J connectivity index is 1.95. The summed E-state index contributed by atoms with van der Waals surface area (Å²) in [5.41, 5.74) is 0.729. The first-order valence-electron chi connectivity index (χ1n) is 8.21. The Morgan fingerprint density at radius 2 is 1.59 bits per heavy atom. The highest BCUT2D eigenvalue weighted by Gasteiger charge is 2.16. The summed E-state index contributed by atoms with van der Waals surface area (Å²) in [6.07, 6.45) is 1.09. The zero-order chi connectivity index (χ0) is 19.6. The van der Waals surface area contributed by atoms with Gasteiger partial charge in [-0.1, -0.05) is 17.7 Å². The lowest BCUT2D eigenvalue weighted by Crippen LogP contribution is -2.38. The molecule has 3 aromatic rings. The Kier molecular flexibility index (Phi) is 4.85. The number of aryl methyl sites for hydroxylation is 1. The van der Waals surface area contributed by atoms with Crippen LogP contribution in [0.4, 0.5) is 5.69 Å². The van der Waals surface area contributed by atoms with Crippen molar-refractivity contribution < 1.29 is 9.59 Å². The summed E-state index contributed by atoms with van der Waals surface area (Å²) in [6, 6.07) is 13.1. The molecule has 0 saturated heterocycles. The van der Waals surface area contributed by atoms with E-state index in [1.807, 2.05) is 6.92 Å². The Labute approximate surface area is 154 Å². The molecule has 0 radical (unpaired) electrons. The molecule has 0 atom stereocenters. The number of rotatable bonds is 4. The number of amides is 1. The zero-order valence-corrected chi connectivity index (χ0v) is 14.8. The molecule has 1 amide bonds. The average molecular weight is 363 g/mol. The highest BCUT2D eigenvalue weighted by atomic mass is 16.2. The molecule has 3 rings (SSSR count). The number of hydrogen-bond acceptors (Lipinski definition) is 4. The predicted octanol–water partition coefficient (Wildman–Crippen LogP) is 2.29. The number of nitrogens with one attached hydrogen (secondary N) is 2. The monoisotopic (exact) mass is 363 g/mol. The minimum atomic E-state index is -0.722. The molecule has 7 nitrogen and oxygen atoms in total. The van der Waals surface area contributed by atoms with Crippen LogP contribution >= 0.6 is 0 Å². The fourth-order valence-corrected chi connectivity index (χ4v) is 2.55. The molecule has 0 aliphatic rings. The molecule has 2 N–H and O–H groups in total. The van der Waals surface area contributed by atoms with Gasteiger partial charge in [0, 0.05) is 17.4 Å². The third kappa shape index (κ3) is 3.77. The molecule has 2 aromatic carbocycles. The number of aromatic amines is 1. The second-order valence-corrected chi connectivity index (χ2v) is 6.07. The van der Waals surface area contributed by atoms with E-state index in [4.69, 9.17) is 0 Å². The van der Waals surface area contributed by atoms with Crippen molar-refractivity contribution in [3.05, 3.63) is 92.3 Å². The highest BCUT2D eigenvalue weighted by molar-refractivity contribution is 6.04. The number of H-pyrrole nitrogens is 1. The Morgan fingerprint density at radius 3 is 2.19 bits per heavy atom. The van der Waals surface area contributed by atoms with Crippen LogP contribution in [0.2, 0.25) is 0 Å². The van der Waals surface area contributed by atoms with Crippen molar-refractivity contribution in [2.24, 2.45) is 0 Å². The van der Waals surface area contributed by atoms with Crippen LogP contribution in [-0.2, 0) is 0 Å². The van der Waals surface area contributed by atoms with Crippen molar-refractivity contribution in [3.63, 3.8) is 0 Å². The van der Waals surface area contributed by atoms with Crippen molar-refractivity contribution in [2.75, 3.05) is 5.32 Å². The maximum Gasteiger partial charge on any atom is 0.333 e. The molecule has 0 unspecified atom stereocenters. The van der Waals surface area contributed by atoms with Crippen LogP contribution in [0, 0.1) is 6.92 Å². The first kappa shape index (κ1) is 18.1. The van der Waals surface area contributed by atoms with E-state index < -0.39 is 17.2 Å². The number of ketones is 1. The van der Waals surface area contributed by atoms with Crippen LogP contribution in [0.25, 0.3) is 5.69 Å². The van der Waals surface area contributed by atoms with Crippen LogP contribution < -0.4 is 16.6 Å². The maximum atomic E-state index is 12.7. The highest BCUT2D eigenvalue weighted by Crippen LogP contribution is 2.11. The number of hydrogen-bond donors (Lipinski definition) is 2. The predicted molar refractivity (Wildman–Crippen MR) is 102 cm³/mol. The van der Waals surface area contributed by atoms with Gasteiger partial charge in [-0.2, -0.15) is 0 Å². The Hall–Kier alpha value is -3.74. The summed E-state index contributed by atoms with van der Waals surface area (Å²) in [7, 11) is 0. The molecule has 0 aliphatic heterocycles. The molecule has 0 fully saturated rings. The third-order valence-electron chi connectivity index (χ3n) is 4.06. The van der Waals surface area contributed by atoms with Crippen LogP contribution in [0.5, 0.6) is 0 Å². The second kappa shape index (κ2) is 7.25. The van der Waals surface area contributed by atoms with Crippen molar-refractivity contribution in [1.82, 2.24) is 9.55 Å². The number of benzene rings is 2. The third-order valence-corrected chi connectivity index (χ3v) is 4.06. The standard InChI is InChI=1S/C20H17N3O4/c1-12-3-9-16(10-4-12)23-19(26)17(11-21-20(23)27)18(25)22-15-7-5-14(6-8-15)13(2)24/h3-11H,1-2H3,(H,21,27)(H,22,25). The zero-order valence-electron chi connectivity index (χ0n) is 14.8. The van der Waals surface area contributed by atoms with E-state index in [-0.39, 0.29) is 11.3 Å². The fourth-order valence-electron chi connectivity index (χ4n) is 2.55. The number of aromatic nitrogens is 2. The minimum absolute atomic E-state index is 0.0884. The molecule has 27 heavy (non-hydrogen) atoms. The van der Waals surface area contributed by atoms with E-state index in [0.29, 0.717) is 16.9 Å². The van der Waals surface area contributed by atoms with Crippen molar-refractivity contribution >= 4 is 17.4 Å². The number of carbonyl (C=O) groups excluding carboxylic acids is 2. The normalized spacial score (nSPS) is 10.4. The van der Waals surface area contributed by atoms with E-state index in [1.165, 1.54) is 6.92 Å². The van der Waals surface area contributed by atoms with Crippen molar-refractivity contribution in [3.8, 4) is 5.69 Å². The number of Topliss-reactive ketones (excluding diaryl/α,β-unsaturated/α-hetero) is 1. The maximum absolute atomic E-state index is 12.7. The van der Waals surface area contributed by atoms with Crippen LogP contribution in [0.1, 0.15) is 33.2 Å². The Bertz CT molecular complexity index is 1120. The van der Waals surface area contributed by atoms with Gasteiger partial charge < -0.3 is 10.3 Å². The molecule has 0 bridgehead atoms. The van der Waals surface area contributed by atoms with Gasteiger partial charge in [-0.25, -0.2) is 9.36 Å². The SMILES string of the molecule is CC(=O)c1ccc(NC(=O)c2c[nH]c(=O)n(-c3ccc(C)cc3)c2=O)cc1. The first-order chi connectivity index (χ1) is 12.9. The summed E-state index contributed by atoms with van der Waals surface area (Å²) in [5.74, 6) is -0.748. The van der Waals surface area contributed by atoms with Crippen molar-refractivity contribution in [1.29, 1.82) is 0 Å². The van der Waals surface area contributed by atoms with E-state index >= 15 is 0 Å². The molecule has 0 aliphatic carbocycles. The molecule has 7 heteroatoms. The molecule has 0 spiro atoms. The topological polar surface area (TPSA) is 101 Å². The van der Waals surface area contributed by atoms with Gasteiger partial charge in [-0.05, 0) is 50.2 Å². The van der Waals surface area contributed by atoms with Crippen molar-refractivity contribution in [2.45, 2.75) is 13.8 Å². The van der Waals surface area contributed by atoms with Crippen LogP contribution in [-0.4, -0.2) is 21.2 Å². The minimum Gasteiger partial charge on any atom is -0.322 e. The lowest BCUT2D eigenvalue weighted by Gasteiger charge is -2.08. The van der Waals surface area contributed by atoms with Gasteiger partial charge in [0.25, 0.3) is 11.5 Å². The summed E-state index contributed by atoms with van der Waals surface area (Å²) >= 11 is 0.